The van der Waals surface area contributed by atoms with Gasteiger partial charge >= 0.3 is 0 Å². The van der Waals surface area contributed by atoms with Crippen molar-refractivity contribution in [1.29, 1.82) is 0 Å². The molecular formula is C13H14FNO2. The van der Waals surface area contributed by atoms with E-state index in [4.69, 9.17) is 5.11 Å². The van der Waals surface area contributed by atoms with E-state index in [1.165, 1.54) is 12.1 Å². The number of nitrogens with zero attached hydrogens (tertiary/aromatic N) is 1. The normalized spacial score (nSPS) is 16.9. The Labute approximate surface area is 99.2 Å². The maximum atomic E-state index is 12.7. The minimum atomic E-state index is -0.391. The van der Waals surface area contributed by atoms with Gasteiger partial charge in [0.2, 0.25) is 5.91 Å². The highest BCUT2D eigenvalue weighted by Crippen LogP contribution is 2.14. The molecule has 1 aromatic carbocycles. The summed E-state index contributed by atoms with van der Waals surface area (Å²) in [4.78, 5) is 13.4. The van der Waals surface area contributed by atoms with E-state index in [9.17, 15) is 9.18 Å². The Morgan fingerprint density at radius 2 is 2.00 bits per heavy atom. The Bertz CT molecular complexity index is 447. The van der Waals surface area contributed by atoms with Crippen LogP contribution in [0.4, 0.5) is 4.39 Å². The lowest BCUT2D eigenvalue weighted by atomic mass is 10.1. The largest absolute Gasteiger partial charge is 0.389 e. The molecule has 1 aliphatic rings. The molecule has 0 aliphatic carbocycles. The predicted octanol–water partition coefficient (Wildman–Crippen LogP) is 1.43. The van der Waals surface area contributed by atoms with Crippen LogP contribution in [-0.4, -0.2) is 35.1 Å². The minimum absolute atomic E-state index is 0.0837. The molecule has 0 bridgehead atoms. The van der Waals surface area contributed by atoms with Crippen LogP contribution < -0.4 is 0 Å². The standard InChI is InChI=1S/C13H14FNO2/c1-9(13(17)15-7-12(16)8-15)6-10-2-4-11(14)5-3-10/h2-6,12,16H,7-8H2,1H3/b9-6-. The fourth-order valence-electron chi connectivity index (χ4n) is 1.74. The van der Waals surface area contributed by atoms with E-state index in [1.54, 1.807) is 30.0 Å². The summed E-state index contributed by atoms with van der Waals surface area (Å²) in [6, 6.07) is 5.96. The number of likely N-dealkylation sites (tertiary alicyclic amines) is 1. The smallest absolute Gasteiger partial charge is 0.249 e. The van der Waals surface area contributed by atoms with Crippen LogP contribution in [0.1, 0.15) is 12.5 Å². The molecule has 17 heavy (non-hydrogen) atoms. The van der Waals surface area contributed by atoms with Crippen molar-refractivity contribution in [2.45, 2.75) is 13.0 Å². The Morgan fingerprint density at radius 1 is 1.41 bits per heavy atom. The molecule has 0 saturated carbocycles. The average molecular weight is 235 g/mol. The zero-order valence-electron chi connectivity index (χ0n) is 9.56. The zero-order chi connectivity index (χ0) is 12.4. The van der Waals surface area contributed by atoms with Crippen LogP contribution in [0.5, 0.6) is 0 Å². The molecule has 2 rings (SSSR count). The van der Waals surface area contributed by atoms with E-state index in [0.29, 0.717) is 18.7 Å². The molecule has 1 saturated heterocycles. The van der Waals surface area contributed by atoms with Gasteiger partial charge in [-0.05, 0) is 30.7 Å². The van der Waals surface area contributed by atoms with Gasteiger partial charge in [-0.25, -0.2) is 4.39 Å². The van der Waals surface area contributed by atoms with E-state index in [0.717, 1.165) is 5.56 Å². The van der Waals surface area contributed by atoms with Gasteiger partial charge in [0.05, 0.1) is 6.10 Å². The van der Waals surface area contributed by atoms with Gasteiger partial charge in [-0.15, -0.1) is 0 Å². The fraction of sp³-hybridized carbons (Fsp3) is 0.308. The third-order valence-corrected chi connectivity index (χ3v) is 2.74. The van der Waals surface area contributed by atoms with Crippen molar-refractivity contribution >= 4 is 12.0 Å². The van der Waals surface area contributed by atoms with Gasteiger partial charge in [0.25, 0.3) is 0 Å². The molecular weight excluding hydrogens is 221 g/mol. The molecule has 1 N–H and O–H groups in total. The minimum Gasteiger partial charge on any atom is -0.389 e. The number of benzene rings is 1. The first-order valence-corrected chi connectivity index (χ1v) is 5.47. The first-order valence-electron chi connectivity index (χ1n) is 5.47. The van der Waals surface area contributed by atoms with Crippen LogP contribution in [0.15, 0.2) is 29.8 Å². The number of aliphatic hydroxyl groups excluding tert-OH is 1. The summed E-state index contributed by atoms with van der Waals surface area (Å²) in [5.74, 6) is -0.378. The molecule has 0 atom stereocenters. The lowest BCUT2D eigenvalue weighted by Crippen LogP contribution is -2.53. The first kappa shape index (κ1) is 11.8. The van der Waals surface area contributed by atoms with Gasteiger partial charge < -0.3 is 10.0 Å². The summed E-state index contributed by atoms with van der Waals surface area (Å²) < 4.78 is 12.7. The van der Waals surface area contributed by atoms with Gasteiger partial charge in [-0.3, -0.25) is 4.79 Å². The van der Waals surface area contributed by atoms with Crippen molar-refractivity contribution in [3.8, 4) is 0 Å². The van der Waals surface area contributed by atoms with Crippen LogP contribution in [0, 0.1) is 5.82 Å². The molecule has 1 aromatic rings. The number of amides is 1. The summed E-state index contributed by atoms with van der Waals surface area (Å²) in [6.45, 7) is 2.51. The Morgan fingerprint density at radius 3 is 2.53 bits per heavy atom. The van der Waals surface area contributed by atoms with Crippen molar-refractivity contribution in [1.82, 2.24) is 4.90 Å². The van der Waals surface area contributed by atoms with Gasteiger partial charge in [-0.1, -0.05) is 12.1 Å². The molecule has 90 valence electrons. The summed E-state index contributed by atoms with van der Waals surface area (Å²) in [5, 5.41) is 9.11. The molecule has 1 aliphatic heterocycles. The third kappa shape index (κ3) is 2.71. The fourth-order valence-corrected chi connectivity index (χ4v) is 1.74. The Balaban J connectivity index is 2.06. The van der Waals surface area contributed by atoms with Crippen LogP contribution in [0.25, 0.3) is 6.08 Å². The Kier molecular flexibility index (Phi) is 3.24. The third-order valence-electron chi connectivity index (χ3n) is 2.74. The predicted molar refractivity (Wildman–Crippen MR) is 62.6 cm³/mol. The average Bonchev–Trinajstić information content (AvgIpc) is 2.27. The van der Waals surface area contributed by atoms with E-state index in [1.807, 2.05) is 0 Å². The lowest BCUT2D eigenvalue weighted by molar-refractivity contribution is -0.136. The van der Waals surface area contributed by atoms with Crippen LogP contribution >= 0.6 is 0 Å². The highest BCUT2D eigenvalue weighted by atomic mass is 19.1. The van der Waals surface area contributed by atoms with Crippen molar-refractivity contribution < 1.29 is 14.3 Å². The number of carbonyl (C=O) groups is 1. The maximum Gasteiger partial charge on any atom is 0.249 e. The Hall–Kier alpha value is -1.68. The molecule has 0 aromatic heterocycles. The van der Waals surface area contributed by atoms with Gasteiger partial charge in [-0.2, -0.15) is 0 Å². The zero-order valence-corrected chi connectivity index (χ0v) is 9.56. The molecule has 0 unspecified atom stereocenters. The van der Waals surface area contributed by atoms with E-state index < -0.39 is 6.10 Å². The number of aliphatic hydroxyl groups is 1. The second-order valence-electron chi connectivity index (χ2n) is 4.24. The highest BCUT2D eigenvalue weighted by molar-refractivity contribution is 5.97. The molecule has 0 spiro atoms. The van der Waals surface area contributed by atoms with Crippen LogP contribution in [0.3, 0.4) is 0 Å². The van der Waals surface area contributed by atoms with Crippen molar-refractivity contribution in [3.05, 3.63) is 41.2 Å². The second kappa shape index (κ2) is 4.67. The highest BCUT2D eigenvalue weighted by Gasteiger charge is 2.29. The van der Waals surface area contributed by atoms with Crippen molar-refractivity contribution in [2.24, 2.45) is 0 Å². The maximum absolute atomic E-state index is 12.7. The lowest BCUT2D eigenvalue weighted by Gasteiger charge is -2.36. The topological polar surface area (TPSA) is 40.5 Å². The SMILES string of the molecule is C/C(=C/c1ccc(F)cc1)C(=O)N1CC(O)C1. The van der Waals surface area contributed by atoms with Gasteiger partial charge in [0.1, 0.15) is 5.82 Å². The number of carbonyl (C=O) groups excluding carboxylic acids is 1. The number of halogens is 1. The van der Waals surface area contributed by atoms with Gasteiger partial charge in [0, 0.05) is 18.7 Å². The van der Waals surface area contributed by atoms with E-state index >= 15 is 0 Å². The first-order chi connectivity index (χ1) is 8.06. The monoisotopic (exact) mass is 235 g/mol. The molecule has 1 heterocycles. The molecule has 1 fully saturated rings. The quantitative estimate of drug-likeness (QED) is 0.788. The summed E-state index contributed by atoms with van der Waals surface area (Å²) >= 11 is 0. The summed E-state index contributed by atoms with van der Waals surface area (Å²) in [7, 11) is 0. The van der Waals surface area contributed by atoms with Crippen LogP contribution in [-0.2, 0) is 4.79 Å². The summed E-state index contributed by atoms with van der Waals surface area (Å²) in [6.07, 6.45) is 1.32. The van der Waals surface area contributed by atoms with E-state index in [2.05, 4.69) is 0 Å². The molecule has 4 heteroatoms. The second-order valence-corrected chi connectivity index (χ2v) is 4.24. The summed E-state index contributed by atoms with van der Waals surface area (Å²) in [5.41, 5.74) is 1.38. The molecule has 1 amide bonds. The van der Waals surface area contributed by atoms with Crippen molar-refractivity contribution in [2.75, 3.05) is 13.1 Å². The number of β-amino-alcohol motifs (C(OH)–C–C–N with tert-alkyl or cyclic N) is 1. The number of rotatable bonds is 2. The van der Waals surface area contributed by atoms with Gasteiger partial charge in [0.15, 0.2) is 0 Å². The number of hydrogen-bond donors (Lipinski definition) is 1. The van der Waals surface area contributed by atoms with Crippen molar-refractivity contribution in [3.63, 3.8) is 0 Å². The van der Waals surface area contributed by atoms with E-state index in [-0.39, 0.29) is 11.7 Å². The molecule has 0 radical (unpaired) electrons. The number of hydrogen-bond acceptors (Lipinski definition) is 2. The molecule has 3 nitrogen and oxygen atoms in total. The van der Waals surface area contributed by atoms with Crippen LogP contribution in [0.2, 0.25) is 0 Å².